The van der Waals surface area contributed by atoms with E-state index in [9.17, 15) is 9.59 Å². The van der Waals surface area contributed by atoms with Gasteiger partial charge in [-0.1, -0.05) is 104 Å². The Morgan fingerprint density at radius 2 is 0.880 bits per heavy atom. The molecular formula is C42H50N2O6. The van der Waals surface area contributed by atoms with Crippen LogP contribution >= 0.6 is 0 Å². The van der Waals surface area contributed by atoms with Crippen LogP contribution in [0.15, 0.2) is 67.0 Å². The van der Waals surface area contributed by atoms with Gasteiger partial charge >= 0.3 is 0 Å². The second-order valence-electron chi connectivity index (χ2n) is 13.5. The molecule has 0 spiro atoms. The number of hydrogen-bond donors (Lipinski definition) is 0. The smallest absolute Gasteiger partial charge is 0.280 e. The minimum Gasteiger partial charge on any atom is -0.493 e. The third-order valence-electron chi connectivity index (χ3n) is 9.56. The summed E-state index contributed by atoms with van der Waals surface area (Å²) in [6.45, 7) is 5.78. The largest absolute Gasteiger partial charge is 0.493 e. The molecule has 4 aromatic rings. The summed E-state index contributed by atoms with van der Waals surface area (Å²) in [4.78, 5) is 34.9. The lowest BCUT2D eigenvalue weighted by Crippen LogP contribution is -2.04. The van der Waals surface area contributed by atoms with Gasteiger partial charge in [-0.2, -0.15) is 0 Å². The summed E-state index contributed by atoms with van der Waals surface area (Å²) in [5.41, 5.74) is 0.510. The van der Waals surface area contributed by atoms with Crippen molar-refractivity contribution in [1.82, 2.24) is 9.97 Å². The van der Waals surface area contributed by atoms with Crippen molar-refractivity contribution in [3.63, 3.8) is 0 Å². The van der Waals surface area contributed by atoms with Gasteiger partial charge in [-0.05, 0) is 49.2 Å². The normalized spacial score (nSPS) is 11.8. The molecule has 0 amide bonds. The first kappa shape index (κ1) is 35.4. The van der Waals surface area contributed by atoms with Crippen LogP contribution < -0.4 is 20.6 Å². The van der Waals surface area contributed by atoms with E-state index < -0.39 is 11.1 Å². The van der Waals surface area contributed by atoms with Gasteiger partial charge in [-0.15, -0.1) is 0 Å². The molecule has 4 heterocycles. The fourth-order valence-electron chi connectivity index (χ4n) is 6.72. The Hall–Kier alpha value is -4.46. The molecule has 0 atom stereocenters. The average molecular weight is 679 g/mol. The molecular weight excluding hydrogens is 628 g/mol. The Morgan fingerprint density at radius 3 is 1.28 bits per heavy atom. The van der Waals surface area contributed by atoms with Crippen molar-refractivity contribution in [2.45, 2.75) is 117 Å². The maximum atomic E-state index is 13.2. The van der Waals surface area contributed by atoms with Crippen LogP contribution in [0.2, 0.25) is 0 Å². The molecule has 0 N–H and O–H groups in total. The summed E-state index contributed by atoms with van der Waals surface area (Å²) in [7, 11) is 0. The van der Waals surface area contributed by atoms with E-state index in [1.54, 1.807) is 12.1 Å². The van der Waals surface area contributed by atoms with Crippen molar-refractivity contribution in [3.05, 3.63) is 79.7 Å². The van der Waals surface area contributed by atoms with Crippen LogP contribution in [-0.2, 0) is 0 Å². The third kappa shape index (κ3) is 8.63. The van der Waals surface area contributed by atoms with Crippen LogP contribution in [0.25, 0.3) is 44.8 Å². The number of rotatable bonds is 22. The standard InChI is InChI=1S/C42H50N2O6/c1-3-5-7-9-11-13-15-17-23-47-31-21-19-29-25-35(49-33(29)27-31)39-37-38(42(46)43-39)40(44-41(37)45)36-26-30-20-22-32(28-34(30)50-36)48-24-18-16-14-12-10-8-6-4-2/h19-22,25-28H,3-18,23-24H2,1-2H3. The zero-order chi connectivity index (χ0) is 34.7. The number of hydrogen-bond acceptors (Lipinski definition) is 8. The van der Waals surface area contributed by atoms with Crippen LogP contribution in [0.4, 0.5) is 0 Å². The summed E-state index contributed by atoms with van der Waals surface area (Å²) in [5, 5.41) is 1.94. The van der Waals surface area contributed by atoms with Crippen LogP contribution in [-0.4, -0.2) is 23.2 Å². The number of aromatic nitrogens is 2. The second kappa shape index (κ2) is 17.5. The Bertz CT molecular complexity index is 1970. The van der Waals surface area contributed by atoms with E-state index in [4.69, 9.17) is 18.3 Å². The topological polar surface area (TPSA) is 105 Å². The number of furan rings is 2. The van der Waals surface area contributed by atoms with Gasteiger partial charge in [0.2, 0.25) is 0 Å². The molecule has 0 fully saturated rings. The van der Waals surface area contributed by atoms with E-state index in [-0.39, 0.29) is 21.8 Å². The molecule has 264 valence electrons. The lowest BCUT2D eigenvalue weighted by atomic mass is 10.1. The van der Waals surface area contributed by atoms with Crippen molar-refractivity contribution in [3.8, 4) is 34.4 Å². The Labute approximate surface area is 293 Å². The highest BCUT2D eigenvalue weighted by Crippen LogP contribution is 2.33. The first-order valence-electron chi connectivity index (χ1n) is 18.9. The molecule has 0 saturated carbocycles. The van der Waals surface area contributed by atoms with Gasteiger partial charge in [0.05, 0.1) is 23.7 Å². The zero-order valence-electron chi connectivity index (χ0n) is 29.7. The fraction of sp³-hybridized carbons (Fsp3) is 0.476. The number of fused-ring (bicyclic) bond motifs is 2. The third-order valence-corrected chi connectivity index (χ3v) is 9.56. The number of benzene rings is 2. The molecule has 8 heteroatoms. The van der Waals surface area contributed by atoms with E-state index >= 15 is 0 Å². The highest BCUT2D eigenvalue weighted by atomic mass is 16.5. The second-order valence-corrected chi connectivity index (χ2v) is 13.5. The quantitative estimate of drug-likeness (QED) is 0.0653. The summed E-state index contributed by atoms with van der Waals surface area (Å²) in [6, 6.07) is 14.9. The van der Waals surface area contributed by atoms with E-state index in [1.165, 1.54) is 77.0 Å². The molecule has 2 aliphatic heterocycles. The van der Waals surface area contributed by atoms with Crippen LogP contribution in [0.1, 0.15) is 117 Å². The van der Waals surface area contributed by atoms with E-state index in [1.807, 2.05) is 36.4 Å². The van der Waals surface area contributed by atoms with Crippen LogP contribution in [0, 0.1) is 10.4 Å². The highest BCUT2D eigenvalue weighted by Gasteiger charge is 2.23. The summed E-state index contributed by atoms with van der Waals surface area (Å²) < 4.78 is 24.2. The molecule has 2 aromatic carbocycles. The van der Waals surface area contributed by atoms with Gasteiger partial charge < -0.3 is 18.3 Å². The van der Waals surface area contributed by atoms with E-state index in [0.29, 0.717) is 35.9 Å². The maximum Gasteiger partial charge on any atom is 0.280 e. The molecule has 0 bridgehead atoms. The number of nitrogens with zero attached hydrogens (tertiary/aromatic N) is 2. The molecule has 6 rings (SSSR count). The summed E-state index contributed by atoms with van der Waals surface area (Å²) >= 11 is 0. The van der Waals surface area contributed by atoms with Gasteiger partial charge in [0, 0.05) is 22.9 Å². The Morgan fingerprint density at radius 1 is 0.500 bits per heavy atom. The van der Waals surface area contributed by atoms with Crippen molar-refractivity contribution in [2.24, 2.45) is 0 Å². The Kier molecular flexibility index (Phi) is 12.4. The number of ether oxygens (including phenoxy) is 2. The predicted molar refractivity (Wildman–Crippen MR) is 199 cm³/mol. The Balaban J connectivity index is 1.10. The molecule has 0 unspecified atom stereocenters. The van der Waals surface area contributed by atoms with Gasteiger partial charge in [0.15, 0.2) is 11.5 Å². The van der Waals surface area contributed by atoms with Crippen LogP contribution in [0.3, 0.4) is 0 Å². The molecule has 2 aliphatic rings. The molecule has 0 radical (unpaired) electrons. The van der Waals surface area contributed by atoms with Gasteiger partial charge in [-0.25, -0.2) is 9.97 Å². The summed E-state index contributed by atoms with van der Waals surface area (Å²) in [5.74, 6) is 2.12. The highest BCUT2D eigenvalue weighted by molar-refractivity contribution is 5.85. The fourth-order valence-corrected chi connectivity index (χ4v) is 6.72. The van der Waals surface area contributed by atoms with Gasteiger partial charge in [0.25, 0.3) is 11.1 Å². The molecule has 0 aliphatic carbocycles. The lowest BCUT2D eigenvalue weighted by molar-refractivity contribution is 0.304. The van der Waals surface area contributed by atoms with Crippen LogP contribution in [0.5, 0.6) is 11.5 Å². The average Bonchev–Trinajstić information content (AvgIpc) is 3.89. The molecule has 2 aromatic heterocycles. The van der Waals surface area contributed by atoms with Crippen molar-refractivity contribution in [1.29, 1.82) is 0 Å². The maximum absolute atomic E-state index is 13.2. The molecule has 0 saturated heterocycles. The van der Waals surface area contributed by atoms with Crippen molar-refractivity contribution < 1.29 is 18.3 Å². The first-order valence-corrected chi connectivity index (χ1v) is 18.9. The van der Waals surface area contributed by atoms with Crippen molar-refractivity contribution in [2.75, 3.05) is 13.2 Å². The molecule has 50 heavy (non-hydrogen) atoms. The summed E-state index contributed by atoms with van der Waals surface area (Å²) in [6.07, 6.45) is 19.9. The van der Waals surface area contributed by atoms with Gasteiger partial charge in [-0.3, -0.25) is 9.59 Å². The number of unbranched alkanes of at least 4 members (excludes halogenated alkanes) is 14. The zero-order valence-corrected chi connectivity index (χ0v) is 29.7. The monoisotopic (exact) mass is 678 g/mol. The SMILES string of the molecule is CCCCCCCCCCOc1ccc2cc(-c3nc(=O)c4c(-c5cc6ccc(OCCCCCCCCCC)cc6o5)nc(=O)c3=4)oc2c1. The van der Waals surface area contributed by atoms with Gasteiger partial charge in [0.1, 0.15) is 34.1 Å². The lowest BCUT2D eigenvalue weighted by Gasteiger charge is -2.06. The van der Waals surface area contributed by atoms with Crippen molar-refractivity contribution >= 4 is 21.9 Å². The minimum absolute atomic E-state index is 0.144. The minimum atomic E-state index is -0.538. The molecule has 8 nitrogen and oxygen atoms in total. The van der Waals surface area contributed by atoms with E-state index in [0.717, 1.165) is 48.0 Å². The first-order chi connectivity index (χ1) is 24.6. The van der Waals surface area contributed by atoms with E-state index in [2.05, 4.69) is 23.8 Å². The predicted octanol–water partition coefficient (Wildman–Crippen LogP) is 10.7.